The van der Waals surface area contributed by atoms with E-state index in [0.29, 0.717) is 16.3 Å². The van der Waals surface area contributed by atoms with Gasteiger partial charge in [0.25, 0.3) is 5.91 Å². The third-order valence-electron chi connectivity index (χ3n) is 4.54. The Morgan fingerprint density at radius 1 is 1.31 bits per heavy atom. The van der Waals surface area contributed by atoms with E-state index in [1.165, 1.54) is 6.08 Å². The first-order valence-electron chi connectivity index (χ1n) is 8.53. The summed E-state index contributed by atoms with van der Waals surface area (Å²) in [6, 6.07) is 5.17. The summed E-state index contributed by atoms with van der Waals surface area (Å²) >= 11 is 12.2. The standard InChI is InChI=1S/C20H19Cl2NO3/c1-3-26-20(25)18(22)11-13-10-14(8-9-17(13)21)23-12(2)15-6-4-5-7-16(15)19(23)24/h8-11H,2-7H2,1H3. The van der Waals surface area contributed by atoms with Gasteiger partial charge in [0.2, 0.25) is 0 Å². The Morgan fingerprint density at radius 3 is 2.65 bits per heavy atom. The predicted octanol–water partition coefficient (Wildman–Crippen LogP) is 5.21. The number of carbonyl (C=O) groups excluding carboxylic acids is 2. The Balaban J connectivity index is 1.94. The number of benzene rings is 1. The first-order chi connectivity index (χ1) is 12.4. The number of halogens is 2. The van der Waals surface area contributed by atoms with E-state index >= 15 is 0 Å². The van der Waals surface area contributed by atoms with Gasteiger partial charge in [-0.1, -0.05) is 29.8 Å². The molecule has 0 aromatic heterocycles. The highest BCUT2D eigenvalue weighted by molar-refractivity contribution is 6.43. The molecule has 0 spiro atoms. The van der Waals surface area contributed by atoms with Crippen LogP contribution in [0, 0.1) is 0 Å². The van der Waals surface area contributed by atoms with Crippen LogP contribution in [0.2, 0.25) is 5.02 Å². The van der Waals surface area contributed by atoms with Gasteiger partial charge in [-0.15, -0.1) is 0 Å². The van der Waals surface area contributed by atoms with Crippen molar-refractivity contribution in [3.8, 4) is 0 Å². The van der Waals surface area contributed by atoms with E-state index in [9.17, 15) is 9.59 Å². The molecule has 0 atom stereocenters. The van der Waals surface area contributed by atoms with Gasteiger partial charge in [-0.3, -0.25) is 9.69 Å². The van der Waals surface area contributed by atoms with Crippen molar-refractivity contribution in [3.63, 3.8) is 0 Å². The molecule has 1 aliphatic heterocycles. The van der Waals surface area contributed by atoms with Crippen LogP contribution in [0.5, 0.6) is 0 Å². The summed E-state index contributed by atoms with van der Waals surface area (Å²) in [6.07, 6.45) is 5.21. The highest BCUT2D eigenvalue weighted by atomic mass is 35.5. The van der Waals surface area contributed by atoms with Crippen molar-refractivity contribution in [2.75, 3.05) is 11.5 Å². The number of amides is 1. The molecular formula is C20H19Cl2NO3. The van der Waals surface area contributed by atoms with Gasteiger partial charge in [-0.25, -0.2) is 4.79 Å². The molecule has 0 saturated carbocycles. The molecule has 0 fully saturated rings. The van der Waals surface area contributed by atoms with E-state index in [4.69, 9.17) is 27.9 Å². The molecule has 0 bridgehead atoms. The normalized spacial score (nSPS) is 17.7. The lowest BCUT2D eigenvalue weighted by Crippen LogP contribution is -2.25. The maximum absolute atomic E-state index is 12.8. The molecular weight excluding hydrogens is 373 g/mol. The fourth-order valence-corrected chi connectivity index (χ4v) is 3.65. The smallest absolute Gasteiger partial charge is 0.349 e. The molecule has 136 valence electrons. The van der Waals surface area contributed by atoms with Gasteiger partial charge in [0.05, 0.1) is 6.61 Å². The van der Waals surface area contributed by atoms with E-state index in [-0.39, 0.29) is 17.5 Å². The molecule has 6 heteroatoms. The zero-order valence-corrected chi connectivity index (χ0v) is 16.0. The van der Waals surface area contributed by atoms with Gasteiger partial charge in [0.15, 0.2) is 0 Å². The summed E-state index contributed by atoms with van der Waals surface area (Å²) < 4.78 is 4.88. The summed E-state index contributed by atoms with van der Waals surface area (Å²) in [6.45, 7) is 6.05. The predicted molar refractivity (Wildman–Crippen MR) is 104 cm³/mol. The molecule has 1 aliphatic carbocycles. The Bertz CT molecular complexity index is 827. The summed E-state index contributed by atoms with van der Waals surface area (Å²) in [5, 5.41) is 0.348. The average Bonchev–Trinajstić information content (AvgIpc) is 2.88. The number of hydrogen-bond acceptors (Lipinski definition) is 3. The molecule has 1 aromatic carbocycles. The Hall–Kier alpha value is -2.04. The van der Waals surface area contributed by atoms with Crippen LogP contribution in [0.25, 0.3) is 6.08 Å². The molecule has 0 saturated heterocycles. The zero-order chi connectivity index (χ0) is 18.8. The SMILES string of the molecule is C=C1C2=C(CCCC2)C(=O)N1c1ccc(Cl)c(C=C(Cl)C(=O)OCC)c1. The summed E-state index contributed by atoms with van der Waals surface area (Å²) in [5.41, 5.74) is 3.82. The minimum absolute atomic E-state index is 0.0292. The maximum atomic E-state index is 12.8. The summed E-state index contributed by atoms with van der Waals surface area (Å²) in [5.74, 6) is -0.645. The second-order valence-electron chi connectivity index (χ2n) is 6.17. The third-order valence-corrected chi connectivity index (χ3v) is 5.15. The molecule has 1 amide bonds. The lowest BCUT2D eigenvalue weighted by Gasteiger charge is -2.20. The highest BCUT2D eigenvalue weighted by Crippen LogP contribution is 2.41. The fraction of sp³-hybridized carbons (Fsp3) is 0.300. The first-order valence-corrected chi connectivity index (χ1v) is 9.29. The molecule has 0 radical (unpaired) electrons. The molecule has 2 aliphatic rings. The van der Waals surface area contributed by atoms with Gasteiger partial charge in [-0.05, 0) is 68.0 Å². The average molecular weight is 392 g/mol. The van der Waals surface area contributed by atoms with Gasteiger partial charge >= 0.3 is 5.97 Å². The van der Waals surface area contributed by atoms with E-state index in [1.807, 2.05) is 0 Å². The fourth-order valence-electron chi connectivity index (χ4n) is 3.30. The first kappa shape index (κ1) is 18.7. The van der Waals surface area contributed by atoms with Gasteiger partial charge < -0.3 is 4.74 Å². The summed E-state index contributed by atoms with van der Waals surface area (Å²) in [4.78, 5) is 26.2. The van der Waals surface area contributed by atoms with Crippen molar-refractivity contribution in [2.45, 2.75) is 32.6 Å². The molecule has 1 heterocycles. The lowest BCUT2D eigenvalue weighted by atomic mass is 9.93. The number of allylic oxidation sites excluding steroid dienone is 1. The van der Waals surface area contributed by atoms with Crippen LogP contribution in [-0.4, -0.2) is 18.5 Å². The number of hydrogen-bond donors (Lipinski definition) is 0. The minimum atomic E-state index is -0.616. The molecule has 1 aromatic rings. The number of esters is 1. The largest absolute Gasteiger partial charge is 0.462 e. The topological polar surface area (TPSA) is 46.6 Å². The molecule has 0 unspecified atom stereocenters. The van der Waals surface area contributed by atoms with Crippen LogP contribution in [0.3, 0.4) is 0 Å². The molecule has 3 rings (SSSR count). The van der Waals surface area contributed by atoms with Crippen molar-refractivity contribution in [2.24, 2.45) is 0 Å². The Labute approximate surface area is 162 Å². The van der Waals surface area contributed by atoms with Crippen LogP contribution in [0.1, 0.15) is 38.2 Å². The van der Waals surface area contributed by atoms with E-state index in [1.54, 1.807) is 30.0 Å². The quantitative estimate of drug-likeness (QED) is 0.522. The second kappa shape index (κ2) is 7.68. The molecule has 4 nitrogen and oxygen atoms in total. The van der Waals surface area contributed by atoms with E-state index in [0.717, 1.165) is 42.5 Å². The second-order valence-corrected chi connectivity index (χ2v) is 6.98. The van der Waals surface area contributed by atoms with Gasteiger partial charge in [-0.2, -0.15) is 0 Å². The monoisotopic (exact) mass is 391 g/mol. The highest BCUT2D eigenvalue weighted by Gasteiger charge is 2.35. The number of anilines is 1. The van der Waals surface area contributed by atoms with E-state index < -0.39 is 5.97 Å². The number of ether oxygens (including phenoxy) is 1. The number of carbonyl (C=O) groups is 2. The minimum Gasteiger partial charge on any atom is -0.462 e. The Morgan fingerprint density at radius 2 is 2.00 bits per heavy atom. The van der Waals surface area contributed by atoms with E-state index in [2.05, 4.69) is 6.58 Å². The van der Waals surface area contributed by atoms with Crippen molar-refractivity contribution in [1.29, 1.82) is 0 Å². The van der Waals surface area contributed by atoms with Crippen LogP contribution >= 0.6 is 23.2 Å². The van der Waals surface area contributed by atoms with Gasteiger partial charge in [0.1, 0.15) is 5.03 Å². The lowest BCUT2D eigenvalue weighted by molar-refractivity contribution is -0.137. The zero-order valence-electron chi connectivity index (χ0n) is 14.5. The van der Waals surface area contributed by atoms with Crippen LogP contribution in [-0.2, 0) is 14.3 Å². The van der Waals surface area contributed by atoms with Crippen molar-refractivity contribution in [3.05, 3.63) is 57.2 Å². The molecule has 0 N–H and O–H groups in total. The van der Waals surface area contributed by atoms with Crippen LogP contribution < -0.4 is 4.90 Å². The van der Waals surface area contributed by atoms with Crippen molar-refractivity contribution in [1.82, 2.24) is 0 Å². The van der Waals surface area contributed by atoms with Crippen molar-refractivity contribution >= 4 is 46.8 Å². The summed E-state index contributed by atoms with van der Waals surface area (Å²) in [7, 11) is 0. The third kappa shape index (κ3) is 3.44. The van der Waals surface area contributed by atoms with Crippen LogP contribution in [0.15, 0.2) is 46.7 Å². The molecule has 26 heavy (non-hydrogen) atoms. The Kier molecular flexibility index (Phi) is 5.54. The number of nitrogens with zero attached hydrogens (tertiary/aromatic N) is 1. The van der Waals surface area contributed by atoms with Crippen molar-refractivity contribution < 1.29 is 14.3 Å². The number of rotatable bonds is 4. The van der Waals surface area contributed by atoms with Gasteiger partial charge in [0, 0.05) is 22.0 Å². The maximum Gasteiger partial charge on any atom is 0.349 e. The van der Waals surface area contributed by atoms with Crippen LogP contribution in [0.4, 0.5) is 5.69 Å².